The van der Waals surface area contributed by atoms with Crippen LogP contribution in [0.3, 0.4) is 0 Å². The normalized spacial score (nSPS) is 10.6. The molecule has 1 N–H and O–H groups in total. The van der Waals surface area contributed by atoms with Crippen molar-refractivity contribution < 1.29 is 9.47 Å². The summed E-state index contributed by atoms with van der Waals surface area (Å²) in [7, 11) is 3.22. The van der Waals surface area contributed by atoms with Gasteiger partial charge in [0.05, 0.1) is 19.9 Å². The van der Waals surface area contributed by atoms with Gasteiger partial charge in [0.15, 0.2) is 17.3 Å². The molecule has 0 saturated heterocycles. The minimum Gasteiger partial charge on any atom is -0.493 e. The van der Waals surface area contributed by atoms with E-state index in [1.54, 1.807) is 37.6 Å². The van der Waals surface area contributed by atoms with Crippen molar-refractivity contribution in [2.75, 3.05) is 19.5 Å². The summed E-state index contributed by atoms with van der Waals surface area (Å²) in [5, 5.41) is 8.11. The van der Waals surface area contributed by atoms with Gasteiger partial charge in [0.2, 0.25) is 0 Å². The highest BCUT2D eigenvalue weighted by Crippen LogP contribution is 2.30. The van der Waals surface area contributed by atoms with Crippen molar-refractivity contribution in [3.8, 4) is 28.6 Å². The molecule has 2 heterocycles. The lowest BCUT2D eigenvalue weighted by molar-refractivity contribution is 0.354. The molecule has 0 radical (unpaired) electrons. The van der Waals surface area contributed by atoms with E-state index in [2.05, 4.69) is 20.4 Å². The Morgan fingerprint density at radius 2 is 1.72 bits per heavy atom. The van der Waals surface area contributed by atoms with Crippen LogP contribution in [0.1, 0.15) is 5.56 Å². The van der Waals surface area contributed by atoms with Crippen LogP contribution in [0.4, 0.5) is 5.69 Å². The number of hydrogen-bond acceptors (Lipinski definition) is 6. The van der Waals surface area contributed by atoms with Crippen molar-refractivity contribution in [2.45, 2.75) is 6.54 Å². The van der Waals surface area contributed by atoms with Crippen LogP contribution >= 0.6 is 0 Å². The predicted molar refractivity (Wildman–Crippen MR) is 111 cm³/mol. The van der Waals surface area contributed by atoms with Crippen LogP contribution in [0.25, 0.3) is 17.1 Å². The number of para-hydroxylation sites is 1. The third-order valence-electron chi connectivity index (χ3n) is 4.52. The summed E-state index contributed by atoms with van der Waals surface area (Å²) in [4.78, 5) is 8.56. The van der Waals surface area contributed by atoms with E-state index in [0.717, 1.165) is 22.5 Å². The van der Waals surface area contributed by atoms with Crippen LogP contribution in [0, 0.1) is 0 Å². The standard InChI is InChI=1S/C22H21N5O2/c1-28-20-8-7-17(13-21(20)29-2)27-15-25-22(26-27)18-5-3-4-6-19(18)24-14-16-9-11-23-12-10-16/h3-13,15,24H,14H2,1-2H3. The van der Waals surface area contributed by atoms with Gasteiger partial charge in [-0.15, -0.1) is 5.10 Å². The summed E-state index contributed by atoms with van der Waals surface area (Å²) in [5.41, 5.74) is 3.89. The lowest BCUT2D eigenvalue weighted by atomic mass is 10.1. The molecule has 0 aliphatic rings. The van der Waals surface area contributed by atoms with Crippen LogP contribution in [0.2, 0.25) is 0 Å². The van der Waals surface area contributed by atoms with Crippen LogP contribution in [-0.4, -0.2) is 34.0 Å². The molecule has 2 aromatic carbocycles. The van der Waals surface area contributed by atoms with Gasteiger partial charge in [-0.25, -0.2) is 9.67 Å². The number of nitrogens with one attached hydrogen (secondary N) is 1. The molecule has 0 aliphatic heterocycles. The topological polar surface area (TPSA) is 74.1 Å². The first kappa shape index (κ1) is 18.5. The van der Waals surface area contributed by atoms with E-state index in [0.29, 0.717) is 23.9 Å². The van der Waals surface area contributed by atoms with E-state index in [1.807, 2.05) is 54.6 Å². The van der Waals surface area contributed by atoms with Gasteiger partial charge in [-0.05, 0) is 42.0 Å². The van der Waals surface area contributed by atoms with Gasteiger partial charge in [-0.3, -0.25) is 4.98 Å². The molecule has 0 unspecified atom stereocenters. The van der Waals surface area contributed by atoms with Crippen molar-refractivity contribution in [1.82, 2.24) is 19.7 Å². The molecule has 2 aromatic heterocycles. The maximum atomic E-state index is 5.38. The molecule has 146 valence electrons. The number of aromatic nitrogens is 4. The largest absolute Gasteiger partial charge is 0.493 e. The Labute approximate surface area is 169 Å². The Kier molecular flexibility index (Phi) is 5.38. The Balaban J connectivity index is 1.60. The zero-order valence-corrected chi connectivity index (χ0v) is 16.2. The highest BCUT2D eigenvalue weighted by Gasteiger charge is 2.12. The molecular formula is C22H21N5O2. The molecular weight excluding hydrogens is 366 g/mol. The molecule has 0 atom stereocenters. The van der Waals surface area contributed by atoms with Crippen molar-refractivity contribution in [3.05, 3.63) is 78.9 Å². The van der Waals surface area contributed by atoms with Gasteiger partial charge in [-0.2, -0.15) is 0 Å². The smallest absolute Gasteiger partial charge is 0.183 e. The van der Waals surface area contributed by atoms with Crippen molar-refractivity contribution in [2.24, 2.45) is 0 Å². The Morgan fingerprint density at radius 1 is 0.931 bits per heavy atom. The Hall–Kier alpha value is -3.87. The third kappa shape index (κ3) is 4.03. The van der Waals surface area contributed by atoms with Crippen molar-refractivity contribution >= 4 is 5.69 Å². The van der Waals surface area contributed by atoms with E-state index in [4.69, 9.17) is 9.47 Å². The quantitative estimate of drug-likeness (QED) is 0.517. The third-order valence-corrected chi connectivity index (χ3v) is 4.52. The minimum atomic E-state index is 0.637. The number of rotatable bonds is 7. The van der Waals surface area contributed by atoms with Gasteiger partial charge in [0.25, 0.3) is 0 Å². The van der Waals surface area contributed by atoms with E-state index in [1.165, 1.54) is 0 Å². The molecule has 4 aromatic rings. The molecule has 4 rings (SSSR count). The molecule has 0 fully saturated rings. The zero-order valence-electron chi connectivity index (χ0n) is 16.2. The zero-order chi connectivity index (χ0) is 20.1. The second-order valence-corrected chi connectivity index (χ2v) is 6.31. The molecule has 0 saturated carbocycles. The SMILES string of the molecule is COc1ccc(-n2cnc(-c3ccccc3NCc3ccncc3)n2)cc1OC. The summed E-state index contributed by atoms with van der Waals surface area (Å²) in [6.07, 6.45) is 5.26. The first-order valence-corrected chi connectivity index (χ1v) is 9.14. The maximum absolute atomic E-state index is 5.38. The lowest BCUT2D eigenvalue weighted by Crippen LogP contribution is -2.02. The fraction of sp³-hybridized carbons (Fsp3) is 0.136. The van der Waals surface area contributed by atoms with Gasteiger partial charge in [0.1, 0.15) is 6.33 Å². The summed E-state index contributed by atoms with van der Waals surface area (Å²) in [6, 6.07) is 17.6. The fourth-order valence-corrected chi connectivity index (χ4v) is 3.01. The van der Waals surface area contributed by atoms with Gasteiger partial charge in [0, 0.05) is 36.3 Å². The number of hydrogen-bond donors (Lipinski definition) is 1. The van der Waals surface area contributed by atoms with Crippen LogP contribution < -0.4 is 14.8 Å². The number of benzene rings is 2. The fourth-order valence-electron chi connectivity index (χ4n) is 3.01. The molecule has 7 heteroatoms. The van der Waals surface area contributed by atoms with E-state index in [9.17, 15) is 0 Å². The maximum Gasteiger partial charge on any atom is 0.183 e. The predicted octanol–water partition coefficient (Wildman–Crippen LogP) is 3.96. The average molecular weight is 387 g/mol. The van der Waals surface area contributed by atoms with Crippen LogP contribution in [0.15, 0.2) is 73.3 Å². The number of nitrogens with zero attached hydrogens (tertiary/aromatic N) is 4. The highest BCUT2D eigenvalue weighted by molar-refractivity contribution is 5.73. The minimum absolute atomic E-state index is 0.637. The van der Waals surface area contributed by atoms with E-state index < -0.39 is 0 Å². The van der Waals surface area contributed by atoms with Gasteiger partial charge < -0.3 is 14.8 Å². The molecule has 0 bridgehead atoms. The number of anilines is 1. The number of pyridine rings is 1. The summed E-state index contributed by atoms with van der Waals surface area (Å²) in [6.45, 7) is 0.690. The summed E-state index contributed by atoms with van der Waals surface area (Å²) >= 11 is 0. The Bertz CT molecular complexity index is 1100. The van der Waals surface area contributed by atoms with Gasteiger partial charge >= 0.3 is 0 Å². The van der Waals surface area contributed by atoms with Crippen LogP contribution in [-0.2, 0) is 6.54 Å². The summed E-state index contributed by atoms with van der Waals surface area (Å²) in [5.74, 6) is 1.95. The number of methoxy groups -OCH3 is 2. The summed E-state index contributed by atoms with van der Waals surface area (Å²) < 4.78 is 12.4. The molecule has 0 amide bonds. The number of ether oxygens (including phenoxy) is 2. The van der Waals surface area contributed by atoms with E-state index in [-0.39, 0.29) is 0 Å². The van der Waals surface area contributed by atoms with Gasteiger partial charge in [-0.1, -0.05) is 12.1 Å². The first-order valence-electron chi connectivity index (χ1n) is 9.14. The molecule has 29 heavy (non-hydrogen) atoms. The Morgan fingerprint density at radius 3 is 2.52 bits per heavy atom. The molecule has 0 spiro atoms. The molecule has 7 nitrogen and oxygen atoms in total. The van der Waals surface area contributed by atoms with E-state index >= 15 is 0 Å². The first-order chi connectivity index (χ1) is 14.3. The lowest BCUT2D eigenvalue weighted by Gasteiger charge is -2.10. The van der Waals surface area contributed by atoms with Crippen molar-refractivity contribution in [1.29, 1.82) is 0 Å². The second-order valence-electron chi connectivity index (χ2n) is 6.31. The second kappa shape index (κ2) is 8.43. The highest BCUT2D eigenvalue weighted by atomic mass is 16.5. The monoisotopic (exact) mass is 387 g/mol. The molecule has 0 aliphatic carbocycles. The van der Waals surface area contributed by atoms with Crippen LogP contribution in [0.5, 0.6) is 11.5 Å². The average Bonchev–Trinajstić information content (AvgIpc) is 3.28. The van der Waals surface area contributed by atoms with Crippen molar-refractivity contribution in [3.63, 3.8) is 0 Å².